The number of methoxy groups -OCH3 is 1. The predicted molar refractivity (Wildman–Crippen MR) is 73.7 cm³/mol. The van der Waals surface area contributed by atoms with Crippen molar-refractivity contribution in [1.29, 1.82) is 0 Å². The molecular weight excluding hydrogens is 224 g/mol. The number of aryl methyl sites for hydroxylation is 1. The molecule has 18 heavy (non-hydrogen) atoms. The Balaban J connectivity index is 2.20. The molecule has 1 atom stereocenters. The molecule has 0 spiro atoms. The highest BCUT2D eigenvalue weighted by Crippen LogP contribution is 2.36. The average Bonchev–Trinajstić information content (AvgIpc) is 2.72. The minimum Gasteiger partial charge on any atom is -0.383 e. The van der Waals surface area contributed by atoms with Crippen LogP contribution in [-0.4, -0.2) is 18.3 Å². The number of hydrogen-bond acceptors (Lipinski definition) is 2. The van der Waals surface area contributed by atoms with Gasteiger partial charge in [-0.2, -0.15) is 0 Å². The molecule has 1 aromatic carbocycles. The molecule has 1 aliphatic carbocycles. The molecule has 3 nitrogen and oxygen atoms in total. The van der Waals surface area contributed by atoms with Gasteiger partial charge in [0.05, 0.1) is 6.61 Å². The fraction of sp³-hybridized carbons (Fsp3) is 0.467. The van der Waals surface area contributed by atoms with Crippen molar-refractivity contribution in [3.63, 3.8) is 0 Å². The second-order valence-corrected chi connectivity index (χ2v) is 5.02. The minimum atomic E-state index is 0.179. The van der Waals surface area contributed by atoms with E-state index in [1.165, 1.54) is 28.6 Å². The van der Waals surface area contributed by atoms with E-state index in [-0.39, 0.29) is 6.04 Å². The first-order valence-corrected chi connectivity index (χ1v) is 6.67. The predicted octanol–water partition coefficient (Wildman–Crippen LogP) is 2.62. The van der Waals surface area contributed by atoms with Crippen molar-refractivity contribution >= 4 is 10.9 Å². The summed E-state index contributed by atoms with van der Waals surface area (Å²) in [7, 11) is 1.75. The maximum Gasteiger partial charge on any atom is 0.0642 e. The van der Waals surface area contributed by atoms with Crippen molar-refractivity contribution in [3.05, 3.63) is 35.5 Å². The maximum absolute atomic E-state index is 6.32. The number of nitrogens with zero attached hydrogens (tertiary/aromatic N) is 1. The fourth-order valence-corrected chi connectivity index (χ4v) is 3.14. The SMILES string of the molecule is COCCn1c2c(c3ccccc31)CCCC2N. The van der Waals surface area contributed by atoms with Crippen molar-refractivity contribution in [1.82, 2.24) is 4.57 Å². The summed E-state index contributed by atoms with van der Waals surface area (Å²) in [5, 5.41) is 1.37. The molecule has 1 aliphatic rings. The van der Waals surface area contributed by atoms with Gasteiger partial charge in [0, 0.05) is 36.3 Å². The van der Waals surface area contributed by atoms with E-state index in [9.17, 15) is 0 Å². The number of aromatic nitrogens is 1. The summed E-state index contributed by atoms with van der Waals surface area (Å²) in [6, 6.07) is 8.80. The number of para-hydroxylation sites is 1. The molecule has 0 amide bonds. The Bertz CT molecular complexity index is 559. The minimum absolute atomic E-state index is 0.179. The topological polar surface area (TPSA) is 40.2 Å². The van der Waals surface area contributed by atoms with E-state index in [0.717, 1.165) is 26.0 Å². The monoisotopic (exact) mass is 244 g/mol. The summed E-state index contributed by atoms with van der Waals surface area (Å²) in [6.45, 7) is 1.62. The Labute approximate surface area is 108 Å². The fourth-order valence-electron chi connectivity index (χ4n) is 3.14. The van der Waals surface area contributed by atoms with Gasteiger partial charge in [0.25, 0.3) is 0 Å². The third kappa shape index (κ3) is 1.74. The smallest absolute Gasteiger partial charge is 0.0642 e. The molecule has 3 rings (SSSR count). The summed E-state index contributed by atoms with van der Waals surface area (Å²) in [6.07, 6.45) is 3.45. The third-order valence-corrected chi connectivity index (χ3v) is 3.93. The first kappa shape index (κ1) is 11.8. The van der Waals surface area contributed by atoms with Gasteiger partial charge < -0.3 is 15.0 Å². The van der Waals surface area contributed by atoms with Crippen molar-refractivity contribution in [3.8, 4) is 0 Å². The van der Waals surface area contributed by atoms with E-state index >= 15 is 0 Å². The molecule has 0 saturated heterocycles. The summed E-state index contributed by atoms with van der Waals surface area (Å²) in [5.41, 5.74) is 10.4. The molecule has 1 heterocycles. The number of hydrogen-bond donors (Lipinski definition) is 1. The van der Waals surface area contributed by atoms with Crippen molar-refractivity contribution in [2.75, 3.05) is 13.7 Å². The van der Waals surface area contributed by atoms with Crippen LogP contribution in [0.2, 0.25) is 0 Å². The lowest BCUT2D eigenvalue weighted by Crippen LogP contribution is -2.21. The summed E-state index contributed by atoms with van der Waals surface area (Å²) < 4.78 is 7.59. The third-order valence-electron chi connectivity index (χ3n) is 3.93. The molecule has 1 aromatic heterocycles. The first-order chi connectivity index (χ1) is 8.83. The molecule has 96 valence electrons. The van der Waals surface area contributed by atoms with Gasteiger partial charge >= 0.3 is 0 Å². The van der Waals surface area contributed by atoms with Crippen LogP contribution in [0.15, 0.2) is 24.3 Å². The van der Waals surface area contributed by atoms with Crippen LogP contribution in [0.1, 0.15) is 30.1 Å². The highest BCUT2D eigenvalue weighted by Gasteiger charge is 2.24. The van der Waals surface area contributed by atoms with Gasteiger partial charge in [-0.3, -0.25) is 0 Å². The van der Waals surface area contributed by atoms with E-state index in [0.29, 0.717) is 0 Å². The van der Waals surface area contributed by atoms with Crippen LogP contribution in [0.4, 0.5) is 0 Å². The molecule has 1 unspecified atom stereocenters. The van der Waals surface area contributed by atoms with Crippen molar-refractivity contribution in [2.45, 2.75) is 31.8 Å². The first-order valence-electron chi connectivity index (χ1n) is 6.67. The van der Waals surface area contributed by atoms with Gasteiger partial charge in [-0.25, -0.2) is 0 Å². The lowest BCUT2D eigenvalue weighted by molar-refractivity contribution is 0.187. The Kier molecular flexibility index (Phi) is 3.10. The zero-order valence-corrected chi connectivity index (χ0v) is 10.9. The largest absolute Gasteiger partial charge is 0.383 e. The summed E-state index contributed by atoms with van der Waals surface area (Å²) in [5.74, 6) is 0. The van der Waals surface area contributed by atoms with Gasteiger partial charge in [-0.15, -0.1) is 0 Å². The van der Waals surface area contributed by atoms with Crippen LogP contribution in [0, 0.1) is 0 Å². The number of benzene rings is 1. The zero-order valence-electron chi connectivity index (χ0n) is 10.9. The van der Waals surface area contributed by atoms with Crippen molar-refractivity contribution < 1.29 is 4.74 Å². The molecule has 2 N–H and O–H groups in total. The molecule has 0 saturated carbocycles. The van der Waals surface area contributed by atoms with Gasteiger partial charge in [0.15, 0.2) is 0 Å². The average molecular weight is 244 g/mol. The van der Waals surface area contributed by atoms with E-state index in [2.05, 4.69) is 28.8 Å². The second kappa shape index (κ2) is 4.75. The van der Waals surface area contributed by atoms with E-state index in [1.54, 1.807) is 7.11 Å². The zero-order chi connectivity index (χ0) is 12.5. The number of ether oxygens (including phenoxy) is 1. The lowest BCUT2D eigenvalue weighted by Gasteiger charge is -2.22. The van der Waals surface area contributed by atoms with Crippen LogP contribution in [0.3, 0.4) is 0 Å². The Morgan fingerprint density at radius 3 is 3.06 bits per heavy atom. The highest BCUT2D eigenvalue weighted by molar-refractivity contribution is 5.86. The molecule has 0 fully saturated rings. The molecular formula is C15H20N2O. The quantitative estimate of drug-likeness (QED) is 0.901. The normalized spacial score (nSPS) is 19.1. The van der Waals surface area contributed by atoms with Gasteiger partial charge in [-0.05, 0) is 30.9 Å². The molecule has 0 bridgehead atoms. The van der Waals surface area contributed by atoms with Crippen LogP contribution in [0.25, 0.3) is 10.9 Å². The van der Waals surface area contributed by atoms with Crippen LogP contribution >= 0.6 is 0 Å². The number of fused-ring (bicyclic) bond motifs is 3. The van der Waals surface area contributed by atoms with Crippen molar-refractivity contribution in [2.24, 2.45) is 5.73 Å². The Hall–Kier alpha value is -1.32. The van der Waals surface area contributed by atoms with E-state index in [4.69, 9.17) is 10.5 Å². The summed E-state index contributed by atoms with van der Waals surface area (Å²) >= 11 is 0. The van der Waals surface area contributed by atoms with Gasteiger partial charge in [0.2, 0.25) is 0 Å². The van der Waals surface area contributed by atoms with E-state index < -0.39 is 0 Å². The highest BCUT2D eigenvalue weighted by atomic mass is 16.5. The van der Waals surface area contributed by atoms with Gasteiger partial charge in [-0.1, -0.05) is 18.2 Å². The summed E-state index contributed by atoms with van der Waals surface area (Å²) in [4.78, 5) is 0. The number of rotatable bonds is 3. The molecule has 0 aliphatic heterocycles. The Morgan fingerprint density at radius 2 is 2.22 bits per heavy atom. The molecule has 3 heteroatoms. The maximum atomic E-state index is 6.32. The Morgan fingerprint density at radius 1 is 1.39 bits per heavy atom. The van der Waals surface area contributed by atoms with Gasteiger partial charge in [0.1, 0.15) is 0 Å². The second-order valence-electron chi connectivity index (χ2n) is 5.02. The molecule has 2 aromatic rings. The number of nitrogens with two attached hydrogens (primary N) is 1. The van der Waals surface area contributed by atoms with E-state index in [1.807, 2.05) is 0 Å². The van der Waals surface area contributed by atoms with Crippen LogP contribution < -0.4 is 5.73 Å². The standard InChI is InChI=1S/C15H20N2O/c1-18-10-9-17-14-8-3-2-5-11(14)12-6-4-7-13(16)15(12)17/h2-3,5,8,13H,4,6-7,9-10,16H2,1H3. The molecule has 0 radical (unpaired) electrons. The lowest BCUT2D eigenvalue weighted by atomic mass is 9.92. The van der Waals surface area contributed by atoms with Crippen LogP contribution in [-0.2, 0) is 17.7 Å². The van der Waals surface area contributed by atoms with Crippen LogP contribution in [0.5, 0.6) is 0 Å².